The second kappa shape index (κ2) is 8.85. The smallest absolute Gasteiger partial charge is 0.337 e. The predicted molar refractivity (Wildman–Crippen MR) is 113 cm³/mol. The predicted octanol–water partition coefficient (Wildman–Crippen LogP) is 5.30. The Balaban J connectivity index is 1.64. The molecule has 0 fully saturated rings. The quantitative estimate of drug-likeness (QED) is 0.502. The maximum atomic E-state index is 13.3. The second-order valence-corrected chi connectivity index (χ2v) is 7.97. The summed E-state index contributed by atoms with van der Waals surface area (Å²) in [7, 11) is 1.34. The van der Waals surface area contributed by atoms with E-state index in [4.69, 9.17) is 26.1 Å². The van der Waals surface area contributed by atoms with Crippen LogP contribution in [-0.2, 0) is 9.47 Å². The van der Waals surface area contributed by atoms with Crippen LogP contribution < -0.4 is 0 Å². The van der Waals surface area contributed by atoms with Gasteiger partial charge in [-0.05, 0) is 54.1 Å². The molecule has 0 aliphatic carbocycles. The number of methoxy groups -OCH3 is 1. The van der Waals surface area contributed by atoms with E-state index in [0.29, 0.717) is 22.0 Å². The SMILES string of the molecule is COC(=O)c1ccc(C2N=C(c3ccc(F)cc3)OC2Sc2ccc(Cl)cn2)cc1. The number of pyridine rings is 1. The number of halogens is 2. The van der Waals surface area contributed by atoms with Crippen molar-refractivity contribution in [2.24, 2.45) is 4.99 Å². The van der Waals surface area contributed by atoms with Gasteiger partial charge in [-0.3, -0.25) is 0 Å². The maximum absolute atomic E-state index is 13.3. The molecule has 2 unspecified atom stereocenters. The van der Waals surface area contributed by atoms with Crippen molar-refractivity contribution in [1.82, 2.24) is 4.98 Å². The Labute approximate surface area is 181 Å². The Morgan fingerprint density at radius 1 is 1.10 bits per heavy atom. The summed E-state index contributed by atoms with van der Waals surface area (Å²) in [5, 5.41) is 1.28. The molecular formula is C22H16ClFN2O3S. The molecule has 0 radical (unpaired) electrons. The van der Waals surface area contributed by atoms with Gasteiger partial charge in [-0.2, -0.15) is 0 Å². The van der Waals surface area contributed by atoms with Crippen molar-refractivity contribution in [2.75, 3.05) is 7.11 Å². The van der Waals surface area contributed by atoms with Crippen molar-refractivity contribution < 1.29 is 18.7 Å². The van der Waals surface area contributed by atoms with E-state index in [1.54, 1.807) is 36.5 Å². The first-order chi connectivity index (χ1) is 14.5. The zero-order chi connectivity index (χ0) is 21.1. The van der Waals surface area contributed by atoms with E-state index < -0.39 is 11.4 Å². The van der Waals surface area contributed by atoms with Crippen LogP contribution in [0, 0.1) is 5.82 Å². The van der Waals surface area contributed by atoms with Gasteiger partial charge in [-0.15, -0.1) is 0 Å². The van der Waals surface area contributed by atoms with E-state index in [0.717, 1.165) is 10.6 Å². The first-order valence-corrected chi connectivity index (χ1v) is 10.3. The van der Waals surface area contributed by atoms with Gasteiger partial charge in [-0.1, -0.05) is 35.5 Å². The molecule has 2 aromatic carbocycles. The Bertz CT molecular complexity index is 1070. The van der Waals surface area contributed by atoms with Crippen LogP contribution in [0.1, 0.15) is 27.5 Å². The standard InChI is InChI=1S/C22H16ClFN2O3S/c1-28-21(27)15-4-2-13(3-5-15)19-22(30-18-11-8-16(23)12-25-18)29-20(26-19)14-6-9-17(24)10-7-14/h2-12,19,22H,1H3. The fourth-order valence-electron chi connectivity index (χ4n) is 2.93. The van der Waals surface area contributed by atoms with Gasteiger partial charge >= 0.3 is 5.97 Å². The lowest BCUT2D eigenvalue weighted by Crippen LogP contribution is -2.13. The highest BCUT2D eigenvalue weighted by Gasteiger charge is 2.34. The third-order valence-corrected chi connectivity index (χ3v) is 5.74. The van der Waals surface area contributed by atoms with E-state index >= 15 is 0 Å². The summed E-state index contributed by atoms with van der Waals surface area (Å²) in [6, 6.07) is 16.2. The van der Waals surface area contributed by atoms with Crippen molar-refractivity contribution in [2.45, 2.75) is 16.5 Å². The van der Waals surface area contributed by atoms with Crippen LogP contribution >= 0.6 is 23.4 Å². The van der Waals surface area contributed by atoms with Crippen molar-refractivity contribution in [3.8, 4) is 0 Å². The molecule has 152 valence electrons. The summed E-state index contributed by atoms with van der Waals surface area (Å²) < 4.78 is 24.2. The first-order valence-electron chi connectivity index (χ1n) is 9.00. The summed E-state index contributed by atoms with van der Waals surface area (Å²) in [6.45, 7) is 0. The van der Waals surface area contributed by atoms with Gasteiger partial charge in [0.25, 0.3) is 0 Å². The van der Waals surface area contributed by atoms with Crippen LogP contribution in [0.3, 0.4) is 0 Å². The molecule has 0 amide bonds. The fourth-order valence-corrected chi connectivity index (χ4v) is 4.03. The molecule has 0 N–H and O–H groups in total. The van der Waals surface area contributed by atoms with Crippen LogP contribution in [0.15, 0.2) is 76.9 Å². The zero-order valence-electron chi connectivity index (χ0n) is 15.8. The molecule has 5 nitrogen and oxygen atoms in total. The molecule has 1 aromatic heterocycles. The van der Waals surface area contributed by atoms with E-state index in [-0.39, 0.29) is 11.9 Å². The topological polar surface area (TPSA) is 60.8 Å². The Hall–Kier alpha value is -2.90. The molecule has 2 atom stereocenters. The summed E-state index contributed by atoms with van der Waals surface area (Å²) in [6.07, 6.45) is 1.57. The van der Waals surface area contributed by atoms with E-state index in [2.05, 4.69) is 4.98 Å². The average molecular weight is 443 g/mol. The number of thioether (sulfide) groups is 1. The maximum Gasteiger partial charge on any atom is 0.337 e. The van der Waals surface area contributed by atoms with Gasteiger partial charge in [0.1, 0.15) is 11.9 Å². The van der Waals surface area contributed by atoms with Gasteiger partial charge < -0.3 is 9.47 Å². The summed E-state index contributed by atoms with van der Waals surface area (Å²) in [4.78, 5) is 20.8. The molecule has 2 heterocycles. The molecule has 1 aliphatic rings. The lowest BCUT2D eigenvalue weighted by Gasteiger charge is -2.17. The molecule has 0 spiro atoms. The molecular weight excluding hydrogens is 427 g/mol. The van der Waals surface area contributed by atoms with Gasteiger partial charge in [0, 0.05) is 11.8 Å². The summed E-state index contributed by atoms with van der Waals surface area (Å²) >= 11 is 7.33. The number of nitrogens with zero attached hydrogens (tertiary/aromatic N) is 2. The number of aromatic nitrogens is 1. The van der Waals surface area contributed by atoms with Gasteiger partial charge in [0.05, 0.1) is 22.7 Å². The summed E-state index contributed by atoms with van der Waals surface area (Å²) in [5.74, 6) is -0.317. The zero-order valence-corrected chi connectivity index (χ0v) is 17.4. The van der Waals surface area contributed by atoms with E-state index in [1.807, 2.05) is 18.2 Å². The van der Waals surface area contributed by atoms with Crippen LogP contribution in [0.25, 0.3) is 0 Å². The Kier molecular flexibility index (Phi) is 6.01. The number of carbonyl (C=O) groups is 1. The minimum absolute atomic E-state index is 0.330. The number of benzene rings is 2. The van der Waals surface area contributed by atoms with Gasteiger partial charge in [0.2, 0.25) is 5.90 Å². The second-order valence-electron chi connectivity index (χ2n) is 6.42. The van der Waals surface area contributed by atoms with Crippen molar-refractivity contribution in [1.29, 1.82) is 0 Å². The molecule has 8 heteroatoms. The van der Waals surface area contributed by atoms with E-state index in [9.17, 15) is 9.18 Å². The normalized spacial score (nSPS) is 17.9. The minimum Gasteiger partial charge on any atom is -0.465 e. The van der Waals surface area contributed by atoms with Gasteiger partial charge in [0.15, 0.2) is 5.44 Å². The number of rotatable bonds is 5. The highest BCUT2D eigenvalue weighted by atomic mass is 35.5. The Morgan fingerprint density at radius 3 is 2.47 bits per heavy atom. The molecule has 0 bridgehead atoms. The third-order valence-electron chi connectivity index (χ3n) is 4.44. The van der Waals surface area contributed by atoms with Crippen molar-refractivity contribution in [3.63, 3.8) is 0 Å². The lowest BCUT2D eigenvalue weighted by atomic mass is 10.1. The fraction of sp³-hybridized carbons (Fsp3) is 0.136. The Morgan fingerprint density at radius 2 is 1.83 bits per heavy atom. The molecule has 1 aliphatic heterocycles. The number of aliphatic imine (C=N–C) groups is 1. The molecule has 30 heavy (non-hydrogen) atoms. The minimum atomic E-state index is -0.406. The molecule has 0 saturated carbocycles. The van der Waals surface area contributed by atoms with Crippen molar-refractivity contribution >= 4 is 35.2 Å². The van der Waals surface area contributed by atoms with Crippen LogP contribution in [-0.4, -0.2) is 29.4 Å². The molecule has 4 rings (SSSR count). The number of hydrogen-bond donors (Lipinski definition) is 0. The number of esters is 1. The highest BCUT2D eigenvalue weighted by molar-refractivity contribution is 7.99. The average Bonchev–Trinajstić information content (AvgIpc) is 3.19. The summed E-state index contributed by atoms with van der Waals surface area (Å²) in [5.41, 5.74) is 1.60. The lowest BCUT2D eigenvalue weighted by molar-refractivity contribution is 0.0600. The highest BCUT2D eigenvalue weighted by Crippen LogP contribution is 2.40. The van der Waals surface area contributed by atoms with Crippen molar-refractivity contribution in [3.05, 3.63) is 94.4 Å². The molecule has 0 saturated heterocycles. The van der Waals surface area contributed by atoms with Crippen LogP contribution in [0.2, 0.25) is 5.02 Å². The van der Waals surface area contributed by atoms with Crippen LogP contribution in [0.5, 0.6) is 0 Å². The monoisotopic (exact) mass is 442 g/mol. The molecule has 3 aromatic rings. The number of carbonyl (C=O) groups excluding carboxylic acids is 1. The largest absolute Gasteiger partial charge is 0.465 e. The van der Waals surface area contributed by atoms with Crippen LogP contribution in [0.4, 0.5) is 4.39 Å². The van der Waals surface area contributed by atoms with Gasteiger partial charge in [-0.25, -0.2) is 19.2 Å². The third kappa shape index (κ3) is 4.47. The van der Waals surface area contributed by atoms with E-state index in [1.165, 1.54) is 31.0 Å². The first kappa shape index (κ1) is 20.4. The number of ether oxygens (including phenoxy) is 2. The number of hydrogen-bond acceptors (Lipinski definition) is 6.